The quantitative estimate of drug-likeness (QED) is 0.650. The van der Waals surface area contributed by atoms with E-state index in [1.807, 2.05) is 0 Å². The van der Waals surface area contributed by atoms with Crippen LogP contribution in [0.25, 0.3) is 0 Å². The van der Waals surface area contributed by atoms with Crippen molar-refractivity contribution in [2.24, 2.45) is 17.2 Å². The van der Waals surface area contributed by atoms with Gasteiger partial charge in [-0.2, -0.15) is 13.2 Å². The molecule has 112 valence electrons. The van der Waals surface area contributed by atoms with Crippen molar-refractivity contribution in [1.29, 1.82) is 0 Å². The lowest BCUT2D eigenvalue weighted by molar-refractivity contribution is -0.137. The van der Waals surface area contributed by atoms with E-state index in [1.54, 1.807) is 0 Å². The van der Waals surface area contributed by atoms with Crippen molar-refractivity contribution in [3.63, 3.8) is 0 Å². The van der Waals surface area contributed by atoms with Crippen molar-refractivity contribution in [3.05, 3.63) is 35.4 Å². The van der Waals surface area contributed by atoms with Crippen LogP contribution in [0.3, 0.4) is 0 Å². The second kappa shape index (κ2) is 5.37. The van der Waals surface area contributed by atoms with E-state index < -0.39 is 11.7 Å². The monoisotopic (exact) mass is 286 g/mol. The van der Waals surface area contributed by atoms with Gasteiger partial charge in [0.05, 0.1) is 5.56 Å². The molecule has 0 saturated heterocycles. The van der Waals surface area contributed by atoms with E-state index >= 15 is 0 Å². The van der Waals surface area contributed by atoms with Crippen LogP contribution in [0.1, 0.15) is 50.3 Å². The molecule has 1 fully saturated rings. The summed E-state index contributed by atoms with van der Waals surface area (Å²) in [5, 5.41) is 0. The van der Waals surface area contributed by atoms with Crippen molar-refractivity contribution in [1.82, 2.24) is 5.43 Å². The fraction of sp³-hybridized carbons (Fsp3) is 0.600. The molecule has 1 aromatic carbocycles. The molecule has 0 aliphatic heterocycles. The van der Waals surface area contributed by atoms with E-state index in [2.05, 4.69) is 19.3 Å². The Balaban J connectivity index is 2.24. The van der Waals surface area contributed by atoms with E-state index in [-0.39, 0.29) is 11.5 Å². The van der Waals surface area contributed by atoms with Gasteiger partial charge in [-0.05, 0) is 41.9 Å². The zero-order chi connectivity index (χ0) is 15.0. The Morgan fingerprint density at radius 3 is 2.25 bits per heavy atom. The minimum absolute atomic E-state index is 0.102. The van der Waals surface area contributed by atoms with Crippen LogP contribution in [-0.4, -0.2) is 0 Å². The van der Waals surface area contributed by atoms with Gasteiger partial charge in [-0.15, -0.1) is 0 Å². The number of rotatable bonds is 3. The smallest absolute Gasteiger partial charge is 0.271 e. The third-order valence-electron chi connectivity index (χ3n) is 4.52. The molecule has 0 radical (unpaired) electrons. The SMILES string of the molecule is CC1(C)CCCC1C(NN)c1ccc(C(F)(F)F)cc1. The van der Waals surface area contributed by atoms with Crippen molar-refractivity contribution >= 4 is 0 Å². The number of hydrogen-bond acceptors (Lipinski definition) is 2. The first-order valence-electron chi connectivity index (χ1n) is 6.89. The maximum atomic E-state index is 12.6. The second-order valence-electron chi connectivity index (χ2n) is 6.25. The molecule has 5 heteroatoms. The fourth-order valence-corrected chi connectivity index (χ4v) is 3.30. The minimum atomic E-state index is -4.29. The molecule has 3 N–H and O–H groups in total. The molecule has 1 aliphatic rings. The van der Waals surface area contributed by atoms with Crippen molar-refractivity contribution in [3.8, 4) is 0 Å². The van der Waals surface area contributed by atoms with E-state index in [0.29, 0.717) is 5.92 Å². The highest BCUT2D eigenvalue weighted by Gasteiger charge is 2.40. The molecule has 1 aromatic rings. The molecule has 1 saturated carbocycles. The summed E-state index contributed by atoms with van der Waals surface area (Å²) in [5.41, 5.74) is 3.14. The first kappa shape index (κ1) is 15.3. The van der Waals surface area contributed by atoms with Gasteiger partial charge < -0.3 is 0 Å². The van der Waals surface area contributed by atoms with Crippen LogP contribution in [-0.2, 0) is 6.18 Å². The molecular formula is C15H21F3N2. The predicted molar refractivity (Wildman–Crippen MR) is 72.6 cm³/mol. The Morgan fingerprint density at radius 2 is 1.85 bits per heavy atom. The average molecular weight is 286 g/mol. The third kappa shape index (κ3) is 2.99. The van der Waals surface area contributed by atoms with E-state index in [4.69, 9.17) is 5.84 Å². The van der Waals surface area contributed by atoms with Crippen LogP contribution in [0.15, 0.2) is 24.3 Å². The number of benzene rings is 1. The fourth-order valence-electron chi connectivity index (χ4n) is 3.30. The van der Waals surface area contributed by atoms with Gasteiger partial charge in [-0.1, -0.05) is 32.4 Å². The van der Waals surface area contributed by atoms with Crippen LogP contribution < -0.4 is 11.3 Å². The Hall–Kier alpha value is -1.07. The van der Waals surface area contributed by atoms with Gasteiger partial charge in [-0.25, -0.2) is 0 Å². The summed E-state index contributed by atoms with van der Waals surface area (Å²) in [6.45, 7) is 4.39. The zero-order valence-corrected chi connectivity index (χ0v) is 11.8. The first-order valence-corrected chi connectivity index (χ1v) is 6.89. The molecule has 20 heavy (non-hydrogen) atoms. The van der Waals surface area contributed by atoms with Crippen molar-refractivity contribution in [2.75, 3.05) is 0 Å². The van der Waals surface area contributed by atoms with Crippen molar-refractivity contribution < 1.29 is 13.2 Å². The predicted octanol–water partition coefficient (Wildman–Crippen LogP) is 4.04. The summed E-state index contributed by atoms with van der Waals surface area (Å²) in [6, 6.07) is 5.21. The van der Waals surface area contributed by atoms with Crippen LogP contribution in [0.2, 0.25) is 0 Å². The Bertz CT molecular complexity index is 451. The summed E-state index contributed by atoms with van der Waals surface area (Å²) < 4.78 is 37.8. The van der Waals surface area contributed by atoms with Gasteiger partial charge in [0.25, 0.3) is 0 Å². The maximum Gasteiger partial charge on any atom is 0.416 e. The number of hydrogen-bond donors (Lipinski definition) is 2. The topological polar surface area (TPSA) is 38.0 Å². The van der Waals surface area contributed by atoms with Gasteiger partial charge in [-0.3, -0.25) is 11.3 Å². The summed E-state index contributed by atoms with van der Waals surface area (Å²) in [4.78, 5) is 0. The lowest BCUT2D eigenvalue weighted by Gasteiger charge is -2.34. The van der Waals surface area contributed by atoms with E-state index in [0.717, 1.165) is 37.0 Å². The first-order chi connectivity index (χ1) is 9.25. The average Bonchev–Trinajstić information content (AvgIpc) is 2.70. The number of hydrazine groups is 1. The third-order valence-corrected chi connectivity index (χ3v) is 4.52. The highest BCUT2D eigenvalue weighted by molar-refractivity contribution is 5.27. The number of halogens is 3. The molecule has 0 aromatic heterocycles. The Morgan fingerprint density at radius 1 is 1.25 bits per heavy atom. The molecule has 2 unspecified atom stereocenters. The highest BCUT2D eigenvalue weighted by atomic mass is 19.4. The molecule has 2 rings (SSSR count). The normalized spacial score (nSPS) is 23.8. The van der Waals surface area contributed by atoms with Crippen LogP contribution >= 0.6 is 0 Å². The van der Waals surface area contributed by atoms with Gasteiger partial charge in [0.15, 0.2) is 0 Å². The Labute approximate surface area is 117 Å². The lowest BCUT2D eigenvalue weighted by atomic mass is 9.75. The number of alkyl halides is 3. The van der Waals surface area contributed by atoms with E-state index in [1.165, 1.54) is 12.1 Å². The molecule has 0 bridgehead atoms. The molecule has 1 aliphatic carbocycles. The molecule has 2 nitrogen and oxygen atoms in total. The maximum absolute atomic E-state index is 12.6. The largest absolute Gasteiger partial charge is 0.416 e. The summed E-state index contributed by atoms with van der Waals surface area (Å²) in [7, 11) is 0. The number of nitrogens with two attached hydrogens (primary N) is 1. The highest BCUT2D eigenvalue weighted by Crippen LogP contribution is 2.48. The molecule has 0 heterocycles. The van der Waals surface area contributed by atoms with Crippen LogP contribution in [0, 0.1) is 11.3 Å². The second-order valence-corrected chi connectivity index (χ2v) is 6.25. The standard InChI is InChI=1S/C15H21F3N2/c1-14(2)9-3-4-12(14)13(20-19)10-5-7-11(8-6-10)15(16,17)18/h5-8,12-13,20H,3-4,9,19H2,1-2H3. The number of nitrogens with one attached hydrogen (secondary N) is 1. The molecule has 0 amide bonds. The summed E-state index contributed by atoms with van der Waals surface area (Å²) >= 11 is 0. The van der Waals surface area contributed by atoms with E-state index in [9.17, 15) is 13.2 Å². The van der Waals surface area contributed by atoms with Gasteiger partial charge in [0.2, 0.25) is 0 Å². The van der Waals surface area contributed by atoms with Gasteiger partial charge >= 0.3 is 6.18 Å². The summed E-state index contributed by atoms with van der Waals surface area (Å²) in [6.07, 6.45) is -0.993. The van der Waals surface area contributed by atoms with Crippen molar-refractivity contribution in [2.45, 2.75) is 45.3 Å². The van der Waals surface area contributed by atoms with Crippen LogP contribution in [0.5, 0.6) is 0 Å². The van der Waals surface area contributed by atoms with Crippen LogP contribution in [0.4, 0.5) is 13.2 Å². The zero-order valence-electron chi connectivity index (χ0n) is 11.8. The Kier molecular flexibility index (Phi) is 4.12. The van der Waals surface area contributed by atoms with Gasteiger partial charge in [0, 0.05) is 6.04 Å². The molecular weight excluding hydrogens is 265 g/mol. The van der Waals surface area contributed by atoms with Gasteiger partial charge in [0.1, 0.15) is 0 Å². The molecule has 0 spiro atoms. The summed E-state index contributed by atoms with van der Waals surface area (Å²) in [5.74, 6) is 5.99. The minimum Gasteiger partial charge on any atom is -0.271 e. The lowest BCUT2D eigenvalue weighted by Crippen LogP contribution is -2.37. The molecule has 2 atom stereocenters.